The molecule has 1 aromatic carbocycles. The number of ether oxygens (including phenoxy) is 1. The van der Waals surface area contributed by atoms with Gasteiger partial charge in [0, 0.05) is 31.7 Å². The zero-order valence-corrected chi connectivity index (χ0v) is 14.4. The largest absolute Gasteiger partial charge is 0.383 e. The number of H-pyrrole nitrogens is 1. The van der Waals surface area contributed by atoms with Crippen molar-refractivity contribution >= 4 is 18.1 Å². The van der Waals surface area contributed by atoms with E-state index in [0.29, 0.717) is 24.3 Å². The number of nitrogens with zero attached hydrogens (tertiary/aromatic N) is 2. The van der Waals surface area contributed by atoms with Crippen molar-refractivity contribution in [3.05, 3.63) is 34.6 Å². The van der Waals surface area contributed by atoms with Crippen molar-refractivity contribution < 1.29 is 9.53 Å². The molecule has 124 valence electrons. The molecule has 0 saturated carbocycles. The predicted octanol–water partition coefficient (Wildman–Crippen LogP) is 2.46. The molecule has 1 atom stereocenters. The fraction of sp³-hybridized carbons (Fsp3) is 0.438. The van der Waals surface area contributed by atoms with Crippen LogP contribution in [-0.4, -0.2) is 40.4 Å². The molecule has 0 aliphatic rings. The Hall–Kier alpha value is -1.99. The highest BCUT2D eigenvalue weighted by molar-refractivity contribution is 7.71. The van der Waals surface area contributed by atoms with Gasteiger partial charge in [-0.3, -0.25) is 14.5 Å². The molecule has 2 aromatic rings. The molecule has 1 unspecified atom stereocenters. The van der Waals surface area contributed by atoms with Gasteiger partial charge in [0.1, 0.15) is 0 Å². The lowest BCUT2D eigenvalue weighted by Gasteiger charge is -2.13. The average molecular weight is 334 g/mol. The monoisotopic (exact) mass is 334 g/mol. The van der Waals surface area contributed by atoms with Crippen LogP contribution in [0.5, 0.6) is 0 Å². The highest BCUT2D eigenvalue weighted by Gasteiger charge is 2.12. The van der Waals surface area contributed by atoms with Gasteiger partial charge in [0.15, 0.2) is 10.6 Å². The Balaban J connectivity index is 2.06. The predicted molar refractivity (Wildman–Crippen MR) is 91.7 cm³/mol. The third-order valence-corrected chi connectivity index (χ3v) is 3.77. The van der Waals surface area contributed by atoms with Crippen LogP contribution in [0.25, 0.3) is 11.4 Å². The molecule has 0 spiro atoms. The molecule has 0 radical (unpaired) electrons. The molecule has 7 heteroatoms. The number of nitrogens with one attached hydrogen (secondary N) is 2. The van der Waals surface area contributed by atoms with Gasteiger partial charge in [0.25, 0.3) is 0 Å². The highest BCUT2D eigenvalue weighted by Crippen LogP contribution is 2.18. The number of carbonyl (C=O) groups excluding carboxylic acids is 1. The van der Waals surface area contributed by atoms with Crippen molar-refractivity contribution in [2.24, 2.45) is 0 Å². The summed E-state index contributed by atoms with van der Waals surface area (Å²) in [7, 11) is 1.61. The van der Waals surface area contributed by atoms with Gasteiger partial charge in [-0.15, -0.1) is 0 Å². The first-order chi connectivity index (χ1) is 11.0. The van der Waals surface area contributed by atoms with Gasteiger partial charge in [-0.25, -0.2) is 0 Å². The van der Waals surface area contributed by atoms with Gasteiger partial charge >= 0.3 is 0 Å². The van der Waals surface area contributed by atoms with E-state index in [2.05, 4.69) is 15.5 Å². The number of hydrogen-bond acceptors (Lipinski definition) is 4. The van der Waals surface area contributed by atoms with Crippen molar-refractivity contribution in [2.45, 2.75) is 32.9 Å². The fourth-order valence-electron chi connectivity index (χ4n) is 2.30. The van der Waals surface area contributed by atoms with E-state index < -0.39 is 0 Å². The molecule has 1 aromatic heterocycles. The summed E-state index contributed by atoms with van der Waals surface area (Å²) in [6, 6.07) is 8.03. The SMILES string of the molecule is COCC(C)NC(=O)CCn1c(-c2ccc(C)cc2)n[nH]c1=S. The van der Waals surface area contributed by atoms with Gasteiger partial charge in [-0.2, -0.15) is 5.10 Å². The molecule has 6 nitrogen and oxygen atoms in total. The summed E-state index contributed by atoms with van der Waals surface area (Å²) in [5.41, 5.74) is 2.15. The van der Waals surface area contributed by atoms with Gasteiger partial charge in [-0.05, 0) is 26.1 Å². The molecular formula is C16H22N4O2S. The van der Waals surface area contributed by atoms with E-state index in [1.165, 1.54) is 5.56 Å². The number of benzene rings is 1. The number of aromatic amines is 1. The lowest BCUT2D eigenvalue weighted by Crippen LogP contribution is -2.36. The number of aromatic nitrogens is 3. The van der Waals surface area contributed by atoms with Gasteiger partial charge < -0.3 is 10.1 Å². The van der Waals surface area contributed by atoms with E-state index in [0.717, 1.165) is 11.4 Å². The van der Waals surface area contributed by atoms with Crippen LogP contribution in [0.15, 0.2) is 24.3 Å². The topological polar surface area (TPSA) is 71.9 Å². The van der Waals surface area contributed by atoms with Crippen LogP contribution in [0.1, 0.15) is 18.9 Å². The van der Waals surface area contributed by atoms with E-state index in [-0.39, 0.29) is 11.9 Å². The summed E-state index contributed by atoms with van der Waals surface area (Å²) in [6.07, 6.45) is 0.334. The number of rotatable bonds is 7. The Bertz CT molecular complexity index is 706. The van der Waals surface area contributed by atoms with Gasteiger partial charge in [0.05, 0.1) is 6.61 Å². The Kier molecular flexibility index (Phi) is 6.06. The van der Waals surface area contributed by atoms with Crippen molar-refractivity contribution in [3.63, 3.8) is 0 Å². The summed E-state index contributed by atoms with van der Waals surface area (Å²) in [4.78, 5) is 12.0. The normalized spacial score (nSPS) is 12.1. The van der Waals surface area contributed by atoms with E-state index in [1.807, 2.05) is 42.7 Å². The van der Waals surface area contributed by atoms with Crippen LogP contribution >= 0.6 is 12.2 Å². The number of methoxy groups -OCH3 is 1. The fourth-order valence-corrected chi connectivity index (χ4v) is 2.52. The number of amides is 1. The molecular weight excluding hydrogens is 312 g/mol. The standard InChI is InChI=1S/C16H22N4O2S/c1-11-4-6-13(7-5-11)15-18-19-16(23)20(15)9-8-14(21)17-12(2)10-22-3/h4-7,12H,8-10H2,1-3H3,(H,17,21)(H,19,23). The second-order valence-corrected chi connectivity index (χ2v) is 5.93. The lowest BCUT2D eigenvalue weighted by molar-refractivity contribution is -0.122. The van der Waals surface area contributed by atoms with Crippen LogP contribution < -0.4 is 5.32 Å². The van der Waals surface area contributed by atoms with Crippen LogP contribution in [-0.2, 0) is 16.1 Å². The zero-order chi connectivity index (χ0) is 16.8. The maximum absolute atomic E-state index is 12.0. The molecule has 2 rings (SSSR count). The van der Waals surface area contributed by atoms with Gasteiger partial charge in [-0.1, -0.05) is 29.8 Å². The van der Waals surface area contributed by atoms with Crippen molar-refractivity contribution in [1.29, 1.82) is 0 Å². The lowest BCUT2D eigenvalue weighted by atomic mass is 10.1. The quantitative estimate of drug-likeness (QED) is 0.763. The number of hydrogen-bond donors (Lipinski definition) is 2. The maximum atomic E-state index is 12.0. The Morgan fingerprint density at radius 2 is 2.13 bits per heavy atom. The van der Waals surface area contributed by atoms with Crippen molar-refractivity contribution in [2.75, 3.05) is 13.7 Å². The summed E-state index contributed by atoms with van der Waals surface area (Å²) in [5.74, 6) is 0.709. The van der Waals surface area contributed by atoms with E-state index in [9.17, 15) is 4.79 Å². The minimum atomic E-state index is -0.0347. The molecule has 2 N–H and O–H groups in total. The smallest absolute Gasteiger partial charge is 0.222 e. The van der Waals surface area contributed by atoms with E-state index in [1.54, 1.807) is 7.11 Å². The second-order valence-electron chi connectivity index (χ2n) is 5.54. The minimum Gasteiger partial charge on any atom is -0.383 e. The Morgan fingerprint density at radius 3 is 2.78 bits per heavy atom. The Labute approximate surface area is 140 Å². The summed E-state index contributed by atoms with van der Waals surface area (Å²) < 4.78 is 7.37. The molecule has 0 aliphatic carbocycles. The first kappa shape index (κ1) is 17.4. The van der Waals surface area contributed by atoms with E-state index in [4.69, 9.17) is 17.0 Å². The molecule has 23 heavy (non-hydrogen) atoms. The third-order valence-electron chi connectivity index (χ3n) is 3.45. The van der Waals surface area contributed by atoms with Crippen LogP contribution in [0.3, 0.4) is 0 Å². The first-order valence-electron chi connectivity index (χ1n) is 7.52. The number of aryl methyl sites for hydroxylation is 1. The summed E-state index contributed by atoms with van der Waals surface area (Å²) >= 11 is 5.27. The summed E-state index contributed by atoms with van der Waals surface area (Å²) in [5, 5.41) is 9.96. The summed E-state index contributed by atoms with van der Waals surface area (Å²) in [6.45, 7) is 4.91. The average Bonchev–Trinajstić information content (AvgIpc) is 2.87. The van der Waals surface area contributed by atoms with Crippen LogP contribution in [0.2, 0.25) is 0 Å². The van der Waals surface area contributed by atoms with Gasteiger partial charge in [0.2, 0.25) is 5.91 Å². The zero-order valence-electron chi connectivity index (χ0n) is 13.6. The molecule has 0 bridgehead atoms. The Morgan fingerprint density at radius 1 is 1.43 bits per heavy atom. The third kappa shape index (κ3) is 4.74. The van der Waals surface area contributed by atoms with E-state index >= 15 is 0 Å². The molecule has 0 saturated heterocycles. The van der Waals surface area contributed by atoms with Crippen molar-refractivity contribution in [3.8, 4) is 11.4 Å². The second kappa shape index (κ2) is 8.03. The van der Waals surface area contributed by atoms with Crippen molar-refractivity contribution in [1.82, 2.24) is 20.1 Å². The molecule has 0 aliphatic heterocycles. The number of carbonyl (C=O) groups is 1. The molecule has 1 amide bonds. The highest BCUT2D eigenvalue weighted by atomic mass is 32.1. The van der Waals surface area contributed by atoms with Crippen LogP contribution in [0, 0.1) is 11.7 Å². The molecule has 0 fully saturated rings. The first-order valence-corrected chi connectivity index (χ1v) is 7.92. The molecule has 1 heterocycles. The minimum absolute atomic E-state index is 0.0126. The van der Waals surface area contributed by atoms with Crippen LogP contribution in [0.4, 0.5) is 0 Å². The maximum Gasteiger partial charge on any atom is 0.222 e.